The lowest BCUT2D eigenvalue weighted by molar-refractivity contribution is 0.0678. The molecule has 0 aliphatic carbocycles. The van der Waals surface area contributed by atoms with Crippen molar-refractivity contribution in [1.82, 2.24) is 9.88 Å². The van der Waals surface area contributed by atoms with E-state index in [0.717, 1.165) is 56.5 Å². The van der Waals surface area contributed by atoms with Crippen LogP contribution in [0.4, 0.5) is 5.13 Å². The molecule has 2 aliphatic rings. The minimum absolute atomic E-state index is 0.0782. The molecule has 0 spiro atoms. The smallest absolute Gasteiger partial charge is 0.253 e. The molecule has 1 amide bonds. The van der Waals surface area contributed by atoms with E-state index in [1.807, 2.05) is 40.7 Å². The summed E-state index contributed by atoms with van der Waals surface area (Å²) in [5, 5.41) is 3.01. The molecule has 7 heteroatoms. The van der Waals surface area contributed by atoms with Crippen molar-refractivity contribution in [2.24, 2.45) is 0 Å². The van der Waals surface area contributed by atoms with Crippen molar-refractivity contribution in [2.75, 3.05) is 44.3 Å². The third-order valence-corrected chi connectivity index (χ3v) is 5.65. The van der Waals surface area contributed by atoms with Crippen LogP contribution in [0.25, 0.3) is 0 Å². The molecule has 1 aromatic heterocycles. The zero-order chi connectivity index (χ0) is 17.8. The summed E-state index contributed by atoms with van der Waals surface area (Å²) in [6, 6.07) is 7.43. The number of benzene rings is 1. The molecule has 0 N–H and O–H groups in total. The van der Waals surface area contributed by atoms with Crippen LogP contribution in [0.1, 0.15) is 23.2 Å². The summed E-state index contributed by atoms with van der Waals surface area (Å²) in [7, 11) is 0. The molecular weight excluding hydrogens is 350 g/mol. The molecule has 0 bridgehead atoms. The van der Waals surface area contributed by atoms with E-state index < -0.39 is 0 Å². The minimum atomic E-state index is 0.0782. The molecule has 2 aromatic rings. The fraction of sp³-hybridized carbons (Fsp3) is 0.474. The topological polar surface area (TPSA) is 54.9 Å². The van der Waals surface area contributed by atoms with Crippen LogP contribution >= 0.6 is 11.3 Å². The van der Waals surface area contributed by atoms with Crippen molar-refractivity contribution in [3.8, 4) is 5.75 Å². The third-order valence-electron chi connectivity index (χ3n) is 4.82. The zero-order valence-electron chi connectivity index (χ0n) is 14.7. The van der Waals surface area contributed by atoms with Gasteiger partial charge in [-0.2, -0.15) is 0 Å². The van der Waals surface area contributed by atoms with Gasteiger partial charge in [0.15, 0.2) is 5.13 Å². The lowest BCUT2D eigenvalue weighted by Gasteiger charge is -2.34. The van der Waals surface area contributed by atoms with Crippen molar-refractivity contribution >= 4 is 22.4 Å². The summed E-state index contributed by atoms with van der Waals surface area (Å²) in [6.07, 6.45) is 4.19. The Labute approximate surface area is 157 Å². The third kappa shape index (κ3) is 3.99. The van der Waals surface area contributed by atoms with Gasteiger partial charge in [0.25, 0.3) is 5.91 Å². The number of carbonyl (C=O) groups is 1. The summed E-state index contributed by atoms with van der Waals surface area (Å²) in [5.41, 5.74) is 0.706. The zero-order valence-corrected chi connectivity index (χ0v) is 15.5. The molecule has 2 aliphatic heterocycles. The number of amides is 1. The highest BCUT2D eigenvalue weighted by Gasteiger charge is 2.23. The average molecular weight is 373 g/mol. The Morgan fingerprint density at radius 1 is 1.23 bits per heavy atom. The Bertz CT molecular complexity index is 706. The van der Waals surface area contributed by atoms with Crippen LogP contribution in [0.5, 0.6) is 5.75 Å². The number of ether oxygens (including phenoxy) is 2. The number of aromatic nitrogens is 1. The predicted octanol–water partition coefficient (Wildman–Crippen LogP) is 2.66. The number of carbonyl (C=O) groups excluding carboxylic acids is 1. The van der Waals surface area contributed by atoms with Crippen LogP contribution in [-0.2, 0) is 4.74 Å². The quantitative estimate of drug-likeness (QED) is 0.807. The van der Waals surface area contributed by atoms with Crippen LogP contribution in [0.15, 0.2) is 35.8 Å². The Kier molecular flexibility index (Phi) is 5.36. The molecule has 1 aromatic carbocycles. The molecule has 2 saturated heterocycles. The molecule has 26 heavy (non-hydrogen) atoms. The molecule has 138 valence electrons. The number of hydrogen-bond donors (Lipinski definition) is 0. The Morgan fingerprint density at radius 2 is 2.04 bits per heavy atom. The van der Waals surface area contributed by atoms with Gasteiger partial charge < -0.3 is 19.3 Å². The maximum Gasteiger partial charge on any atom is 0.253 e. The number of rotatable bonds is 5. The molecule has 4 rings (SSSR count). The molecule has 0 saturated carbocycles. The van der Waals surface area contributed by atoms with Crippen LogP contribution < -0.4 is 9.64 Å². The largest absolute Gasteiger partial charge is 0.491 e. The van der Waals surface area contributed by atoms with Crippen molar-refractivity contribution in [3.63, 3.8) is 0 Å². The average Bonchev–Trinajstić information content (AvgIpc) is 3.40. The molecule has 0 unspecified atom stereocenters. The minimum Gasteiger partial charge on any atom is -0.491 e. The maximum atomic E-state index is 12.7. The van der Waals surface area contributed by atoms with Crippen LogP contribution in [0.3, 0.4) is 0 Å². The van der Waals surface area contributed by atoms with E-state index in [1.165, 1.54) is 0 Å². The second-order valence-electron chi connectivity index (χ2n) is 6.56. The molecule has 6 nitrogen and oxygen atoms in total. The normalized spacial score (nSPS) is 20.4. The van der Waals surface area contributed by atoms with Crippen molar-refractivity contribution in [2.45, 2.75) is 18.9 Å². The number of thiazole rings is 1. The van der Waals surface area contributed by atoms with E-state index in [2.05, 4.69) is 9.88 Å². The van der Waals surface area contributed by atoms with Gasteiger partial charge in [0.1, 0.15) is 12.4 Å². The Morgan fingerprint density at radius 3 is 2.69 bits per heavy atom. The monoisotopic (exact) mass is 373 g/mol. The lowest BCUT2D eigenvalue weighted by atomic mass is 10.1. The second kappa shape index (κ2) is 8.05. The van der Waals surface area contributed by atoms with Gasteiger partial charge in [-0.05, 0) is 37.1 Å². The van der Waals surface area contributed by atoms with Gasteiger partial charge in [-0.15, -0.1) is 11.3 Å². The number of nitrogens with zero attached hydrogens (tertiary/aromatic N) is 3. The van der Waals surface area contributed by atoms with Gasteiger partial charge in [-0.1, -0.05) is 0 Å². The summed E-state index contributed by atoms with van der Waals surface area (Å²) in [5.74, 6) is 0.861. The standard InChI is InChI=1S/C19H23N3O3S/c23-18(21-8-10-22(11-9-21)19-20-7-13-26-19)15-3-5-16(6-4-15)25-14-17-2-1-12-24-17/h3-7,13,17H,1-2,8-12,14H2/t17-/m0/s1. The van der Waals surface area contributed by atoms with Crippen molar-refractivity contribution < 1.29 is 14.3 Å². The first-order valence-corrected chi connectivity index (χ1v) is 9.96. The van der Waals surface area contributed by atoms with E-state index in [0.29, 0.717) is 12.2 Å². The van der Waals surface area contributed by atoms with Crippen LogP contribution in [0.2, 0.25) is 0 Å². The van der Waals surface area contributed by atoms with E-state index >= 15 is 0 Å². The summed E-state index contributed by atoms with van der Waals surface area (Å²) >= 11 is 1.64. The first kappa shape index (κ1) is 17.3. The Balaban J connectivity index is 1.29. The van der Waals surface area contributed by atoms with E-state index in [-0.39, 0.29) is 12.0 Å². The predicted molar refractivity (Wildman–Crippen MR) is 101 cm³/mol. The highest BCUT2D eigenvalue weighted by atomic mass is 32.1. The van der Waals surface area contributed by atoms with Crippen LogP contribution in [-0.4, -0.2) is 61.3 Å². The Hall–Kier alpha value is -2.12. The van der Waals surface area contributed by atoms with Gasteiger partial charge in [0.05, 0.1) is 6.10 Å². The van der Waals surface area contributed by atoms with Gasteiger partial charge >= 0.3 is 0 Å². The fourth-order valence-electron chi connectivity index (χ4n) is 3.31. The molecule has 1 atom stereocenters. The molecular formula is C19H23N3O3S. The number of anilines is 1. The van der Waals surface area contributed by atoms with Gasteiger partial charge in [0.2, 0.25) is 0 Å². The lowest BCUT2D eigenvalue weighted by Crippen LogP contribution is -2.48. The van der Waals surface area contributed by atoms with E-state index in [1.54, 1.807) is 11.3 Å². The highest BCUT2D eigenvalue weighted by molar-refractivity contribution is 7.13. The van der Waals surface area contributed by atoms with E-state index in [4.69, 9.17) is 9.47 Å². The maximum absolute atomic E-state index is 12.7. The van der Waals surface area contributed by atoms with Crippen molar-refractivity contribution in [1.29, 1.82) is 0 Å². The summed E-state index contributed by atoms with van der Waals surface area (Å²) in [6.45, 7) is 4.48. The number of hydrogen-bond acceptors (Lipinski definition) is 6. The van der Waals surface area contributed by atoms with Gasteiger partial charge in [-0.25, -0.2) is 4.98 Å². The SMILES string of the molecule is O=C(c1ccc(OC[C@@H]2CCCO2)cc1)N1CCN(c2nccs2)CC1. The van der Waals surface area contributed by atoms with Crippen molar-refractivity contribution in [3.05, 3.63) is 41.4 Å². The molecule has 2 fully saturated rings. The molecule has 3 heterocycles. The first-order chi connectivity index (χ1) is 12.8. The summed E-state index contributed by atoms with van der Waals surface area (Å²) in [4.78, 5) is 21.2. The summed E-state index contributed by atoms with van der Waals surface area (Å²) < 4.78 is 11.3. The first-order valence-electron chi connectivity index (χ1n) is 9.08. The highest BCUT2D eigenvalue weighted by Crippen LogP contribution is 2.21. The van der Waals surface area contributed by atoms with Crippen LogP contribution in [0, 0.1) is 0 Å². The fourth-order valence-corrected chi connectivity index (χ4v) is 4.01. The second-order valence-corrected chi connectivity index (χ2v) is 7.44. The van der Waals surface area contributed by atoms with E-state index in [9.17, 15) is 4.79 Å². The number of piperazine rings is 1. The van der Waals surface area contributed by atoms with Gasteiger partial charge in [-0.3, -0.25) is 4.79 Å². The van der Waals surface area contributed by atoms with Gasteiger partial charge in [0, 0.05) is 49.9 Å². The molecule has 0 radical (unpaired) electrons.